The van der Waals surface area contributed by atoms with Crippen molar-refractivity contribution >= 4 is 41.4 Å². The third-order valence-electron chi connectivity index (χ3n) is 2.83. The molecule has 0 saturated heterocycles. The first-order valence-corrected chi connectivity index (χ1v) is 7.77. The minimum atomic E-state index is -1.11. The van der Waals surface area contributed by atoms with Crippen molar-refractivity contribution in [2.45, 2.75) is 11.7 Å². The second-order valence-corrected chi connectivity index (χ2v) is 5.43. The molecule has 0 aliphatic heterocycles. The van der Waals surface area contributed by atoms with Crippen molar-refractivity contribution in [2.75, 3.05) is 11.6 Å². The van der Waals surface area contributed by atoms with E-state index in [1.165, 1.54) is 18.0 Å². The van der Waals surface area contributed by atoms with Crippen LogP contribution in [0.25, 0.3) is 0 Å². The fourth-order valence-corrected chi connectivity index (χ4v) is 2.31. The minimum absolute atomic E-state index is 0.00610. The van der Waals surface area contributed by atoms with Gasteiger partial charge in [-0.05, 0) is 24.0 Å². The number of carboxylic acid groups (broad SMARTS) is 1. The standard InChI is InChI=1S/C14H12ClN3O3S/c1-22-14-17-6-10(13(20)21)12(18-14)16-5-8-2-3-9(7-19)11(15)4-8/h2-4,6-7H,5H2,1H3,(H,20,21)(H,16,17,18). The largest absolute Gasteiger partial charge is 0.477 e. The zero-order valence-electron chi connectivity index (χ0n) is 11.5. The summed E-state index contributed by atoms with van der Waals surface area (Å²) in [6.07, 6.45) is 3.75. The number of carboxylic acids is 1. The van der Waals surface area contributed by atoms with Crippen LogP contribution in [0.15, 0.2) is 29.6 Å². The number of nitrogens with zero attached hydrogens (tertiary/aromatic N) is 2. The summed E-state index contributed by atoms with van der Waals surface area (Å²) in [4.78, 5) is 30.0. The van der Waals surface area contributed by atoms with Gasteiger partial charge in [0.2, 0.25) is 0 Å². The maximum absolute atomic E-state index is 11.2. The Hall–Kier alpha value is -2.12. The molecule has 1 aromatic carbocycles. The first-order chi connectivity index (χ1) is 10.5. The van der Waals surface area contributed by atoms with Crippen molar-refractivity contribution in [1.82, 2.24) is 9.97 Å². The lowest BCUT2D eigenvalue weighted by molar-refractivity contribution is 0.0696. The molecule has 0 bridgehead atoms. The van der Waals surface area contributed by atoms with E-state index >= 15 is 0 Å². The molecule has 0 saturated carbocycles. The van der Waals surface area contributed by atoms with Crippen LogP contribution in [-0.4, -0.2) is 33.6 Å². The van der Waals surface area contributed by atoms with E-state index in [1.54, 1.807) is 24.5 Å². The fraction of sp³-hybridized carbons (Fsp3) is 0.143. The molecule has 2 N–H and O–H groups in total. The van der Waals surface area contributed by atoms with Gasteiger partial charge in [-0.2, -0.15) is 0 Å². The Balaban J connectivity index is 2.21. The molecule has 1 heterocycles. The number of hydrogen-bond donors (Lipinski definition) is 2. The van der Waals surface area contributed by atoms with E-state index in [-0.39, 0.29) is 11.4 Å². The fourth-order valence-electron chi connectivity index (χ4n) is 1.72. The van der Waals surface area contributed by atoms with Crippen molar-refractivity contribution in [2.24, 2.45) is 0 Å². The summed E-state index contributed by atoms with van der Waals surface area (Å²) in [6, 6.07) is 4.99. The van der Waals surface area contributed by atoms with E-state index in [1.807, 2.05) is 0 Å². The second kappa shape index (κ2) is 7.24. The maximum Gasteiger partial charge on any atom is 0.341 e. The summed E-state index contributed by atoms with van der Waals surface area (Å²) >= 11 is 7.28. The van der Waals surface area contributed by atoms with Gasteiger partial charge >= 0.3 is 5.97 Å². The number of nitrogens with one attached hydrogen (secondary N) is 1. The smallest absolute Gasteiger partial charge is 0.341 e. The molecule has 6 nitrogen and oxygen atoms in total. The Morgan fingerprint density at radius 3 is 2.86 bits per heavy atom. The molecular weight excluding hydrogens is 326 g/mol. The molecule has 0 spiro atoms. The summed E-state index contributed by atoms with van der Waals surface area (Å²) < 4.78 is 0. The molecule has 0 aliphatic carbocycles. The van der Waals surface area contributed by atoms with Crippen LogP contribution < -0.4 is 5.32 Å². The predicted molar refractivity (Wildman–Crippen MR) is 84.9 cm³/mol. The lowest BCUT2D eigenvalue weighted by Crippen LogP contribution is -2.10. The molecule has 2 rings (SSSR count). The lowest BCUT2D eigenvalue weighted by atomic mass is 10.1. The van der Waals surface area contributed by atoms with Crippen molar-refractivity contribution in [3.63, 3.8) is 0 Å². The molecular formula is C14H12ClN3O3S. The zero-order chi connectivity index (χ0) is 16.1. The summed E-state index contributed by atoms with van der Waals surface area (Å²) in [5.41, 5.74) is 1.20. The molecule has 1 aromatic heterocycles. The highest BCUT2D eigenvalue weighted by atomic mass is 35.5. The first kappa shape index (κ1) is 16.3. The van der Waals surface area contributed by atoms with Crippen molar-refractivity contribution in [3.05, 3.63) is 46.1 Å². The molecule has 8 heteroatoms. The van der Waals surface area contributed by atoms with E-state index in [0.29, 0.717) is 28.6 Å². The van der Waals surface area contributed by atoms with Crippen LogP contribution in [0.1, 0.15) is 26.3 Å². The van der Waals surface area contributed by atoms with Crippen LogP contribution in [0.4, 0.5) is 5.82 Å². The first-order valence-electron chi connectivity index (χ1n) is 6.17. The Bertz CT molecular complexity index is 724. The molecule has 22 heavy (non-hydrogen) atoms. The van der Waals surface area contributed by atoms with Crippen molar-refractivity contribution < 1.29 is 14.7 Å². The number of thioether (sulfide) groups is 1. The molecule has 0 unspecified atom stereocenters. The van der Waals surface area contributed by atoms with Crippen molar-refractivity contribution in [3.8, 4) is 0 Å². The van der Waals surface area contributed by atoms with Crippen LogP contribution in [0.2, 0.25) is 5.02 Å². The van der Waals surface area contributed by atoms with E-state index in [2.05, 4.69) is 15.3 Å². The number of aromatic nitrogens is 2. The van der Waals surface area contributed by atoms with E-state index < -0.39 is 5.97 Å². The van der Waals surface area contributed by atoms with Gasteiger partial charge in [-0.15, -0.1) is 0 Å². The van der Waals surface area contributed by atoms with Gasteiger partial charge in [0.05, 0.1) is 5.02 Å². The van der Waals surface area contributed by atoms with Crippen LogP contribution >= 0.6 is 23.4 Å². The van der Waals surface area contributed by atoms with Gasteiger partial charge in [0, 0.05) is 18.3 Å². The normalized spacial score (nSPS) is 10.3. The number of halogens is 1. The Kier molecular flexibility index (Phi) is 5.35. The highest BCUT2D eigenvalue weighted by molar-refractivity contribution is 7.98. The zero-order valence-corrected chi connectivity index (χ0v) is 13.1. The van der Waals surface area contributed by atoms with Crippen LogP contribution in [0, 0.1) is 0 Å². The third kappa shape index (κ3) is 3.75. The Morgan fingerprint density at radius 2 is 2.27 bits per heavy atom. The number of carbonyl (C=O) groups is 2. The number of benzene rings is 1. The topological polar surface area (TPSA) is 92.2 Å². The highest BCUT2D eigenvalue weighted by Crippen LogP contribution is 2.20. The van der Waals surface area contributed by atoms with Gasteiger partial charge in [0.25, 0.3) is 0 Å². The third-order valence-corrected chi connectivity index (χ3v) is 3.72. The van der Waals surface area contributed by atoms with Crippen LogP contribution in [0.5, 0.6) is 0 Å². The van der Waals surface area contributed by atoms with Gasteiger partial charge in [0.1, 0.15) is 11.4 Å². The molecule has 2 aromatic rings. The minimum Gasteiger partial charge on any atom is -0.477 e. The average Bonchev–Trinajstić information content (AvgIpc) is 2.52. The highest BCUT2D eigenvalue weighted by Gasteiger charge is 2.13. The summed E-state index contributed by atoms with van der Waals surface area (Å²) in [7, 11) is 0. The number of hydrogen-bond acceptors (Lipinski definition) is 6. The maximum atomic E-state index is 11.2. The van der Waals surface area contributed by atoms with Crippen molar-refractivity contribution in [1.29, 1.82) is 0 Å². The van der Waals surface area contributed by atoms with Gasteiger partial charge in [-0.25, -0.2) is 14.8 Å². The van der Waals surface area contributed by atoms with Crippen LogP contribution in [0.3, 0.4) is 0 Å². The van der Waals surface area contributed by atoms with Gasteiger partial charge < -0.3 is 10.4 Å². The SMILES string of the molecule is CSc1ncc(C(=O)O)c(NCc2ccc(C=O)c(Cl)c2)n1. The number of anilines is 1. The Morgan fingerprint density at radius 1 is 1.50 bits per heavy atom. The quantitative estimate of drug-likeness (QED) is 0.475. The lowest BCUT2D eigenvalue weighted by Gasteiger charge is -2.10. The Labute approximate surface area is 135 Å². The molecule has 0 amide bonds. The average molecular weight is 338 g/mol. The molecule has 0 radical (unpaired) electrons. The number of aromatic carboxylic acids is 1. The monoisotopic (exact) mass is 337 g/mol. The van der Waals surface area contributed by atoms with E-state index in [9.17, 15) is 9.59 Å². The number of rotatable bonds is 6. The summed E-state index contributed by atoms with van der Waals surface area (Å²) in [5, 5.41) is 12.9. The van der Waals surface area contributed by atoms with Crippen LogP contribution in [-0.2, 0) is 6.54 Å². The molecule has 0 fully saturated rings. The molecule has 114 valence electrons. The van der Waals surface area contributed by atoms with Gasteiger partial charge in [-0.1, -0.05) is 29.4 Å². The molecule has 0 atom stereocenters. The predicted octanol–water partition coefficient (Wildman–Crippen LogP) is 2.97. The van der Waals surface area contributed by atoms with E-state index in [0.717, 1.165) is 5.56 Å². The number of carbonyl (C=O) groups excluding carboxylic acids is 1. The summed E-state index contributed by atoms with van der Waals surface area (Å²) in [5.74, 6) is -0.869. The number of aldehydes is 1. The van der Waals surface area contributed by atoms with Gasteiger partial charge in [0.15, 0.2) is 11.4 Å². The van der Waals surface area contributed by atoms with Gasteiger partial charge in [-0.3, -0.25) is 4.79 Å². The van der Waals surface area contributed by atoms with E-state index in [4.69, 9.17) is 16.7 Å². The summed E-state index contributed by atoms with van der Waals surface area (Å²) in [6.45, 7) is 0.323. The second-order valence-electron chi connectivity index (χ2n) is 4.25. The molecule has 0 aliphatic rings.